The van der Waals surface area contributed by atoms with Crippen LogP contribution in [0.3, 0.4) is 0 Å². The molecule has 2 rings (SSSR count). The van der Waals surface area contributed by atoms with E-state index in [0.717, 1.165) is 35.1 Å². The standard InChI is InChI=1S/C24H31NO2/c1-7-10-11-20(16(4)18-12-13-18)19(8-2)22-14-23(27)21(17(5)26)15-25-24(22,6)9-3/h7,10-11,14-15,18,27H,1,4,8-9,12-13H2,2-3,5-6H3/b11-10?,20-19+. The van der Waals surface area contributed by atoms with Crippen molar-refractivity contribution in [3.63, 3.8) is 0 Å². The summed E-state index contributed by atoms with van der Waals surface area (Å²) in [6, 6.07) is 0. The molecule has 1 heterocycles. The molecule has 1 unspecified atom stereocenters. The Morgan fingerprint density at radius 1 is 1.41 bits per heavy atom. The van der Waals surface area contributed by atoms with Crippen LogP contribution in [0.25, 0.3) is 0 Å². The second-order valence-electron chi connectivity index (χ2n) is 7.44. The van der Waals surface area contributed by atoms with Crippen LogP contribution in [0.2, 0.25) is 0 Å². The van der Waals surface area contributed by atoms with Crippen molar-refractivity contribution in [3.05, 3.63) is 71.1 Å². The Bertz CT molecular complexity index is 800. The van der Waals surface area contributed by atoms with Crippen LogP contribution in [0.5, 0.6) is 0 Å². The Morgan fingerprint density at radius 2 is 2.07 bits per heavy atom. The fourth-order valence-corrected chi connectivity index (χ4v) is 3.42. The zero-order valence-electron chi connectivity index (χ0n) is 17.0. The Kier molecular flexibility index (Phi) is 6.59. The third-order valence-electron chi connectivity index (χ3n) is 5.50. The molecule has 0 aromatic carbocycles. The van der Waals surface area contributed by atoms with E-state index in [0.29, 0.717) is 5.92 Å². The van der Waals surface area contributed by atoms with Gasteiger partial charge < -0.3 is 5.11 Å². The molecule has 0 aromatic rings. The Labute approximate surface area is 163 Å². The van der Waals surface area contributed by atoms with E-state index in [1.165, 1.54) is 26.0 Å². The van der Waals surface area contributed by atoms with Crippen LogP contribution in [-0.4, -0.2) is 22.6 Å². The zero-order chi connectivity index (χ0) is 20.2. The second-order valence-corrected chi connectivity index (χ2v) is 7.44. The van der Waals surface area contributed by atoms with E-state index in [2.05, 4.69) is 40.0 Å². The molecule has 0 saturated heterocycles. The summed E-state index contributed by atoms with van der Waals surface area (Å²) in [4.78, 5) is 16.6. The molecule has 1 aliphatic heterocycles. The molecule has 144 valence electrons. The molecule has 1 fully saturated rings. The SMILES string of the molecule is C=CC=C/C(C(=C)C1CC1)=C(/CC)C1=CC(O)=C(C(C)=O)C=NC1(C)CC. The number of aliphatic hydroxyl groups excluding tert-OH is 1. The predicted octanol–water partition coefficient (Wildman–Crippen LogP) is 5.98. The van der Waals surface area contributed by atoms with Gasteiger partial charge in [0.2, 0.25) is 0 Å². The minimum Gasteiger partial charge on any atom is -0.507 e. The predicted molar refractivity (Wildman–Crippen MR) is 114 cm³/mol. The highest BCUT2D eigenvalue weighted by Gasteiger charge is 2.34. The number of carbonyl (C=O) groups is 1. The van der Waals surface area contributed by atoms with E-state index < -0.39 is 5.54 Å². The molecule has 1 aliphatic carbocycles. The molecule has 0 radical (unpaired) electrons. The van der Waals surface area contributed by atoms with Crippen LogP contribution in [0.1, 0.15) is 53.4 Å². The lowest BCUT2D eigenvalue weighted by Crippen LogP contribution is -2.26. The van der Waals surface area contributed by atoms with Gasteiger partial charge in [-0.05, 0) is 73.8 Å². The highest BCUT2D eigenvalue weighted by molar-refractivity contribution is 6.13. The van der Waals surface area contributed by atoms with E-state index >= 15 is 0 Å². The number of Topliss-reactive ketones (excluding diaryl/α,β-unsaturated/α-hetero) is 1. The first-order valence-corrected chi connectivity index (χ1v) is 9.72. The van der Waals surface area contributed by atoms with Crippen LogP contribution in [0.15, 0.2) is 76.1 Å². The number of allylic oxidation sites excluding steroid dienone is 7. The van der Waals surface area contributed by atoms with Gasteiger partial charge in [-0.3, -0.25) is 9.79 Å². The Balaban J connectivity index is 2.75. The van der Waals surface area contributed by atoms with Gasteiger partial charge in [0.25, 0.3) is 0 Å². The molecule has 1 atom stereocenters. The summed E-state index contributed by atoms with van der Waals surface area (Å²) >= 11 is 0. The van der Waals surface area contributed by atoms with Gasteiger partial charge in [0, 0.05) is 6.21 Å². The summed E-state index contributed by atoms with van der Waals surface area (Å²) in [5, 5.41) is 10.6. The Morgan fingerprint density at radius 3 is 2.56 bits per heavy atom. The molecule has 2 aliphatic rings. The van der Waals surface area contributed by atoms with Crippen LogP contribution < -0.4 is 0 Å². The molecule has 1 saturated carbocycles. The third-order valence-corrected chi connectivity index (χ3v) is 5.50. The molecule has 27 heavy (non-hydrogen) atoms. The van der Waals surface area contributed by atoms with Crippen molar-refractivity contribution < 1.29 is 9.90 Å². The zero-order valence-corrected chi connectivity index (χ0v) is 17.0. The summed E-state index contributed by atoms with van der Waals surface area (Å²) in [6.45, 7) is 15.8. The second kappa shape index (κ2) is 8.51. The first kappa shape index (κ1) is 20.9. The lowest BCUT2D eigenvalue weighted by Gasteiger charge is -2.30. The van der Waals surface area contributed by atoms with Crippen LogP contribution in [-0.2, 0) is 4.79 Å². The van der Waals surface area contributed by atoms with Crippen molar-refractivity contribution in [2.24, 2.45) is 10.9 Å². The number of nitrogens with zero attached hydrogens (tertiary/aromatic N) is 1. The molecule has 3 nitrogen and oxygen atoms in total. The van der Waals surface area contributed by atoms with Crippen molar-refractivity contribution in [2.75, 3.05) is 0 Å². The summed E-state index contributed by atoms with van der Waals surface area (Å²) in [6.07, 6.45) is 12.9. The summed E-state index contributed by atoms with van der Waals surface area (Å²) in [7, 11) is 0. The minimum absolute atomic E-state index is 0.0199. The highest BCUT2D eigenvalue weighted by atomic mass is 16.3. The number of rotatable bonds is 8. The number of carbonyl (C=O) groups excluding carboxylic acids is 1. The smallest absolute Gasteiger partial charge is 0.165 e. The van der Waals surface area contributed by atoms with Crippen molar-refractivity contribution in [1.82, 2.24) is 0 Å². The summed E-state index contributed by atoms with van der Waals surface area (Å²) in [5.41, 5.74) is 4.02. The molecular weight excluding hydrogens is 334 g/mol. The van der Waals surface area contributed by atoms with E-state index in [1.807, 2.05) is 6.08 Å². The number of aliphatic hydroxyl groups is 1. The monoisotopic (exact) mass is 365 g/mol. The normalized spacial score (nSPS) is 23.8. The van der Waals surface area contributed by atoms with Gasteiger partial charge in [0.1, 0.15) is 5.76 Å². The number of hydrogen-bond donors (Lipinski definition) is 1. The van der Waals surface area contributed by atoms with Gasteiger partial charge in [-0.15, -0.1) is 0 Å². The van der Waals surface area contributed by atoms with E-state index in [4.69, 9.17) is 4.99 Å². The molecule has 0 amide bonds. The van der Waals surface area contributed by atoms with Crippen LogP contribution in [0, 0.1) is 5.92 Å². The van der Waals surface area contributed by atoms with Crippen molar-refractivity contribution in [1.29, 1.82) is 0 Å². The number of aliphatic imine (C=N–C) groups is 1. The lowest BCUT2D eigenvalue weighted by molar-refractivity contribution is -0.113. The number of hydrogen-bond acceptors (Lipinski definition) is 3. The maximum atomic E-state index is 11.9. The largest absolute Gasteiger partial charge is 0.507 e. The molecular formula is C24H31NO2. The fourth-order valence-electron chi connectivity index (χ4n) is 3.42. The van der Waals surface area contributed by atoms with Gasteiger partial charge in [0.05, 0.1) is 11.1 Å². The van der Waals surface area contributed by atoms with Crippen molar-refractivity contribution >= 4 is 12.0 Å². The molecule has 0 aromatic heterocycles. The van der Waals surface area contributed by atoms with E-state index in [1.54, 1.807) is 12.2 Å². The fraction of sp³-hybridized carbons (Fsp3) is 0.417. The first-order valence-electron chi connectivity index (χ1n) is 9.72. The molecule has 1 N–H and O–H groups in total. The van der Waals surface area contributed by atoms with Gasteiger partial charge in [-0.2, -0.15) is 0 Å². The quantitative estimate of drug-likeness (QED) is 0.538. The minimum atomic E-state index is -0.520. The molecule has 0 bridgehead atoms. The maximum absolute atomic E-state index is 11.9. The van der Waals surface area contributed by atoms with Gasteiger partial charge in [-0.25, -0.2) is 0 Å². The third kappa shape index (κ3) is 4.47. The average molecular weight is 366 g/mol. The maximum Gasteiger partial charge on any atom is 0.165 e. The molecule has 3 heteroatoms. The van der Waals surface area contributed by atoms with Crippen LogP contribution in [0.4, 0.5) is 0 Å². The van der Waals surface area contributed by atoms with Gasteiger partial charge >= 0.3 is 0 Å². The first-order chi connectivity index (χ1) is 12.8. The average Bonchev–Trinajstić information content (AvgIpc) is 3.48. The summed E-state index contributed by atoms with van der Waals surface area (Å²) in [5.74, 6) is 0.313. The summed E-state index contributed by atoms with van der Waals surface area (Å²) < 4.78 is 0. The van der Waals surface area contributed by atoms with Crippen molar-refractivity contribution in [3.8, 4) is 0 Å². The highest BCUT2D eigenvalue weighted by Crippen LogP contribution is 2.44. The Hall–Kier alpha value is -2.42. The van der Waals surface area contributed by atoms with Crippen molar-refractivity contribution in [2.45, 2.75) is 58.9 Å². The molecule has 0 spiro atoms. The van der Waals surface area contributed by atoms with E-state index in [-0.39, 0.29) is 17.1 Å². The topological polar surface area (TPSA) is 49.7 Å². The van der Waals surface area contributed by atoms with Crippen LogP contribution >= 0.6 is 0 Å². The van der Waals surface area contributed by atoms with Gasteiger partial charge in [-0.1, -0.05) is 45.2 Å². The van der Waals surface area contributed by atoms with E-state index in [9.17, 15) is 9.90 Å². The number of ketones is 1. The van der Waals surface area contributed by atoms with Gasteiger partial charge in [0.15, 0.2) is 5.78 Å². The lowest BCUT2D eigenvalue weighted by atomic mass is 9.79.